The molecule has 0 amide bonds. The molecule has 1 N–H and O–H groups in total. The minimum atomic E-state index is 0.848. The van der Waals surface area contributed by atoms with E-state index < -0.39 is 0 Å². The molecule has 1 aliphatic rings. The van der Waals surface area contributed by atoms with E-state index in [1.54, 1.807) is 7.11 Å². The smallest absolute Gasteiger partial charge is 0.119 e. The molecule has 1 saturated carbocycles. The summed E-state index contributed by atoms with van der Waals surface area (Å²) < 4.78 is 5.21. The van der Waals surface area contributed by atoms with Crippen molar-refractivity contribution in [2.75, 3.05) is 19.4 Å². The molecule has 3 heteroatoms. The average molecular weight is 251 g/mol. The van der Waals surface area contributed by atoms with Crippen LogP contribution >= 0.6 is 11.8 Å². The van der Waals surface area contributed by atoms with E-state index in [1.807, 2.05) is 17.8 Å². The van der Waals surface area contributed by atoms with Crippen LogP contribution in [0.4, 0.5) is 0 Å². The number of thioether (sulfide) groups is 1. The van der Waals surface area contributed by atoms with Crippen LogP contribution in [0.1, 0.15) is 25.7 Å². The van der Waals surface area contributed by atoms with Crippen LogP contribution in [0.15, 0.2) is 29.2 Å². The minimum Gasteiger partial charge on any atom is -0.497 e. The zero-order chi connectivity index (χ0) is 11.9. The maximum Gasteiger partial charge on any atom is 0.119 e. The van der Waals surface area contributed by atoms with Gasteiger partial charge in [-0.3, -0.25) is 0 Å². The quantitative estimate of drug-likeness (QED) is 0.566. The summed E-state index contributed by atoms with van der Waals surface area (Å²) in [5.74, 6) is 2.14. The van der Waals surface area contributed by atoms with Gasteiger partial charge in [-0.1, -0.05) is 6.07 Å². The van der Waals surface area contributed by atoms with Gasteiger partial charge in [0.1, 0.15) is 5.75 Å². The Labute approximate surface area is 108 Å². The molecule has 1 aromatic carbocycles. The summed E-state index contributed by atoms with van der Waals surface area (Å²) in [4.78, 5) is 1.31. The number of rotatable bonds is 8. The van der Waals surface area contributed by atoms with E-state index in [0.29, 0.717) is 0 Å². The predicted molar refractivity (Wildman–Crippen MR) is 74.0 cm³/mol. The van der Waals surface area contributed by atoms with Gasteiger partial charge < -0.3 is 10.1 Å². The number of nitrogens with one attached hydrogen (secondary N) is 1. The average Bonchev–Trinajstić information content (AvgIpc) is 3.18. The second kappa shape index (κ2) is 6.92. The number of hydrogen-bond donors (Lipinski definition) is 1. The maximum absolute atomic E-state index is 5.21. The van der Waals surface area contributed by atoms with Crippen molar-refractivity contribution in [3.05, 3.63) is 24.3 Å². The van der Waals surface area contributed by atoms with Crippen LogP contribution in [-0.2, 0) is 0 Å². The molecule has 0 radical (unpaired) electrons. The molecule has 0 atom stereocenters. The number of methoxy groups -OCH3 is 1. The summed E-state index contributed by atoms with van der Waals surface area (Å²) in [6.45, 7) is 1.18. The third kappa shape index (κ3) is 5.00. The second-order valence-corrected chi connectivity index (χ2v) is 5.63. The van der Waals surface area contributed by atoms with Crippen molar-refractivity contribution in [1.29, 1.82) is 0 Å². The number of benzene rings is 1. The van der Waals surface area contributed by atoms with E-state index in [9.17, 15) is 0 Å². The lowest BCUT2D eigenvalue weighted by Gasteiger charge is -2.05. The molecule has 2 nitrogen and oxygen atoms in total. The van der Waals surface area contributed by atoms with Crippen molar-refractivity contribution in [3.63, 3.8) is 0 Å². The molecular formula is C14H21NOS. The number of ether oxygens (including phenoxy) is 1. The fourth-order valence-corrected chi connectivity index (χ4v) is 2.66. The molecule has 0 spiro atoms. The van der Waals surface area contributed by atoms with Gasteiger partial charge in [0.25, 0.3) is 0 Å². The monoisotopic (exact) mass is 251 g/mol. The SMILES string of the molecule is COc1cccc(SCCCCNC2CC2)c1. The fourth-order valence-electron chi connectivity index (χ4n) is 1.70. The Morgan fingerprint density at radius 3 is 3.00 bits per heavy atom. The standard InChI is InChI=1S/C14H21NOS/c1-16-13-5-4-6-14(11-13)17-10-3-2-9-15-12-7-8-12/h4-6,11-12,15H,2-3,7-10H2,1H3. The highest BCUT2D eigenvalue weighted by molar-refractivity contribution is 7.99. The van der Waals surface area contributed by atoms with E-state index in [-0.39, 0.29) is 0 Å². The number of unbranched alkanes of at least 4 members (excludes halogenated alkanes) is 1. The third-order valence-electron chi connectivity index (χ3n) is 2.89. The summed E-state index contributed by atoms with van der Waals surface area (Å²) in [6, 6.07) is 9.14. The lowest BCUT2D eigenvalue weighted by molar-refractivity contribution is 0.413. The summed E-state index contributed by atoms with van der Waals surface area (Å²) in [7, 11) is 1.72. The molecule has 0 aromatic heterocycles. The largest absolute Gasteiger partial charge is 0.497 e. The van der Waals surface area contributed by atoms with Gasteiger partial charge in [-0.2, -0.15) is 0 Å². The minimum absolute atomic E-state index is 0.848. The van der Waals surface area contributed by atoms with E-state index in [4.69, 9.17) is 4.74 Å². The van der Waals surface area contributed by atoms with Gasteiger partial charge in [0, 0.05) is 10.9 Å². The van der Waals surface area contributed by atoms with Crippen molar-refractivity contribution in [2.45, 2.75) is 36.6 Å². The first-order valence-corrected chi connectivity index (χ1v) is 7.37. The Morgan fingerprint density at radius 2 is 2.24 bits per heavy atom. The van der Waals surface area contributed by atoms with Crippen LogP contribution in [0.5, 0.6) is 5.75 Å². The van der Waals surface area contributed by atoms with E-state index in [0.717, 1.165) is 11.8 Å². The van der Waals surface area contributed by atoms with Crippen LogP contribution in [0.25, 0.3) is 0 Å². The lowest BCUT2D eigenvalue weighted by Crippen LogP contribution is -2.17. The molecule has 0 saturated heterocycles. The van der Waals surface area contributed by atoms with Gasteiger partial charge in [0.2, 0.25) is 0 Å². The Hall–Kier alpha value is -0.670. The van der Waals surface area contributed by atoms with Crippen LogP contribution in [0.2, 0.25) is 0 Å². The van der Waals surface area contributed by atoms with Gasteiger partial charge in [-0.25, -0.2) is 0 Å². The summed E-state index contributed by atoms with van der Waals surface area (Å²) in [5.41, 5.74) is 0. The Balaban J connectivity index is 1.56. The molecule has 2 rings (SSSR count). The van der Waals surface area contributed by atoms with Crippen molar-refractivity contribution < 1.29 is 4.74 Å². The van der Waals surface area contributed by atoms with Crippen LogP contribution in [-0.4, -0.2) is 25.4 Å². The zero-order valence-corrected chi connectivity index (χ0v) is 11.3. The first-order chi connectivity index (χ1) is 8.38. The van der Waals surface area contributed by atoms with E-state index in [1.165, 1.54) is 42.9 Å². The van der Waals surface area contributed by atoms with Crippen LogP contribution in [0, 0.1) is 0 Å². The lowest BCUT2D eigenvalue weighted by atomic mass is 10.3. The normalized spacial score (nSPS) is 14.9. The fraction of sp³-hybridized carbons (Fsp3) is 0.571. The first kappa shape index (κ1) is 12.8. The van der Waals surface area contributed by atoms with Crippen molar-refractivity contribution >= 4 is 11.8 Å². The summed E-state index contributed by atoms with van der Waals surface area (Å²) in [5, 5.41) is 3.54. The van der Waals surface area contributed by atoms with Gasteiger partial charge in [0.05, 0.1) is 7.11 Å². The zero-order valence-electron chi connectivity index (χ0n) is 10.4. The molecule has 1 aromatic rings. The molecule has 0 aliphatic heterocycles. The Morgan fingerprint density at radius 1 is 1.35 bits per heavy atom. The van der Waals surface area contributed by atoms with Gasteiger partial charge >= 0.3 is 0 Å². The highest BCUT2D eigenvalue weighted by Crippen LogP contribution is 2.23. The summed E-state index contributed by atoms with van der Waals surface area (Å²) in [6.07, 6.45) is 5.34. The van der Waals surface area contributed by atoms with Gasteiger partial charge in [0.15, 0.2) is 0 Å². The topological polar surface area (TPSA) is 21.3 Å². The molecule has 0 unspecified atom stereocenters. The van der Waals surface area contributed by atoms with Crippen molar-refractivity contribution in [3.8, 4) is 5.75 Å². The molecular weight excluding hydrogens is 230 g/mol. The van der Waals surface area contributed by atoms with Crippen LogP contribution in [0.3, 0.4) is 0 Å². The molecule has 1 aliphatic carbocycles. The molecule has 0 heterocycles. The highest BCUT2D eigenvalue weighted by atomic mass is 32.2. The highest BCUT2D eigenvalue weighted by Gasteiger charge is 2.19. The maximum atomic E-state index is 5.21. The van der Waals surface area contributed by atoms with Gasteiger partial charge in [-0.05, 0) is 56.2 Å². The van der Waals surface area contributed by atoms with Gasteiger partial charge in [-0.15, -0.1) is 11.8 Å². The van der Waals surface area contributed by atoms with E-state index in [2.05, 4.69) is 23.5 Å². The Bertz CT molecular complexity index is 339. The second-order valence-electron chi connectivity index (χ2n) is 4.46. The number of hydrogen-bond acceptors (Lipinski definition) is 3. The van der Waals surface area contributed by atoms with Crippen LogP contribution < -0.4 is 10.1 Å². The Kier molecular flexibility index (Phi) is 5.20. The van der Waals surface area contributed by atoms with Crippen molar-refractivity contribution in [2.24, 2.45) is 0 Å². The van der Waals surface area contributed by atoms with Crippen molar-refractivity contribution in [1.82, 2.24) is 5.32 Å². The van der Waals surface area contributed by atoms with E-state index >= 15 is 0 Å². The first-order valence-electron chi connectivity index (χ1n) is 6.39. The third-order valence-corrected chi connectivity index (χ3v) is 3.97. The summed E-state index contributed by atoms with van der Waals surface area (Å²) >= 11 is 1.92. The predicted octanol–water partition coefficient (Wildman–Crippen LogP) is 3.32. The molecule has 1 fully saturated rings. The molecule has 0 bridgehead atoms. The molecule has 94 valence electrons. The molecule has 17 heavy (non-hydrogen) atoms.